The van der Waals surface area contributed by atoms with Crippen molar-refractivity contribution >= 4 is 85.5 Å². The van der Waals surface area contributed by atoms with Crippen LogP contribution in [0.2, 0.25) is 0 Å². The van der Waals surface area contributed by atoms with Crippen LogP contribution in [-0.4, -0.2) is 6.71 Å². The molecule has 10 aromatic rings. The second kappa shape index (κ2) is 16.8. The topological polar surface area (TPSA) is 22.9 Å². The third-order valence-electron chi connectivity index (χ3n) is 16.2. The summed E-state index contributed by atoms with van der Waals surface area (Å²) in [6.45, 7) is 16.4. The highest BCUT2D eigenvalue weighted by atomic mass is 16.3. The van der Waals surface area contributed by atoms with E-state index in [0.717, 1.165) is 97.3 Å². The largest absolute Gasteiger partial charge is 0.468 e. The quantitative estimate of drug-likeness (QED) is 0.149. The van der Waals surface area contributed by atoms with Crippen molar-refractivity contribution in [3.05, 3.63) is 229 Å². The molecule has 4 nitrogen and oxygen atoms in total. The monoisotopic (exact) mass is 945 g/mol. The van der Waals surface area contributed by atoms with Crippen LogP contribution in [0.15, 0.2) is 217 Å². The van der Waals surface area contributed by atoms with E-state index in [9.17, 15) is 0 Å². The molecule has 356 valence electrons. The van der Waals surface area contributed by atoms with Crippen molar-refractivity contribution in [3.63, 3.8) is 0 Å². The van der Waals surface area contributed by atoms with Gasteiger partial charge < -0.3 is 19.1 Å². The first-order chi connectivity index (χ1) is 35.3. The Balaban J connectivity index is 1.19. The number of fused-ring (bicyclic) bond motifs is 7. The predicted octanol–water partition coefficient (Wildman–Crippen LogP) is 17.0. The smallest absolute Gasteiger partial charge is 0.297 e. The van der Waals surface area contributed by atoms with Gasteiger partial charge in [-0.3, -0.25) is 0 Å². The molecule has 2 aliphatic heterocycles. The minimum Gasteiger partial charge on any atom is -0.468 e. The Kier molecular flexibility index (Phi) is 10.3. The van der Waals surface area contributed by atoms with Crippen molar-refractivity contribution in [1.82, 2.24) is 0 Å². The zero-order valence-corrected chi connectivity index (χ0v) is 42.9. The molecule has 0 bridgehead atoms. The van der Waals surface area contributed by atoms with Gasteiger partial charge in [0.05, 0.1) is 22.7 Å². The maximum Gasteiger partial charge on any atom is 0.297 e. The van der Waals surface area contributed by atoms with Gasteiger partial charge in [0.15, 0.2) is 0 Å². The van der Waals surface area contributed by atoms with Gasteiger partial charge in [-0.15, -0.1) is 0 Å². The summed E-state index contributed by atoms with van der Waals surface area (Å²) in [5.41, 5.74) is 23.0. The fourth-order valence-corrected chi connectivity index (χ4v) is 12.2. The Labute approximate surface area is 431 Å². The molecule has 0 spiro atoms. The highest BCUT2D eigenvalue weighted by Crippen LogP contribution is 2.54. The molecule has 0 amide bonds. The number of furan rings is 1. The highest BCUT2D eigenvalue weighted by Gasteiger charge is 2.48. The van der Waals surface area contributed by atoms with Gasteiger partial charge in [0.1, 0.15) is 5.58 Å². The van der Waals surface area contributed by atoms with Crippen molar-refractivity contribution in [3.8, 4) is 22.3 Å². The van der Waals surface area contributed by atoms with Gasteiger partial charge in [0.25, 0.3) is 6.71 Å². The number of nitrogens with zero attached hydrogens (tertiary/aromatic N) is 3. The Morgan fingerprint density at radius 2 is 1.03 bits per heavy atom. The van der Waals surface area contributed by atoms with Gasteiger partial charge in [0.2, 0.25) is 0 Å². The molecule has 9 aromatic carbocycles. The van der Waals surface area contributed by atoms with Crippen molar-refractivity contribution in [2.24, 2.45) is 0 Å². The minimum absolute atomic E-state index is 0.000904. The van der Waals surface area contributed by atoms with Gasteiger partial charge in [-0.05, 0) is 146 Å². The fraction of sp³-hybridized carbons (Fsp3) is 0.176. The lowest BCUT2D eigenvalue weighted by molar-refractivity contribution is 0.332. The lowest BCUT2D eigenvalue weighted by atomic mass is 9.35. The number of hydrogen-bond acceptors (Lipinski definition) is 4. The first-order valence-electron chi connectivity index (χ1n) is 26.1. The highest BCUT2D eigenvalue weighted by molar-refractivity contribution is 7.00. The summed E-state index contributed by atoms with van der Waals surface area (Å²) < 4.78 is 7.65. The summed E-state index contributed by atoms with van der Waals surface area (Å²) in [4.78, 5) is 7.54. The third kappa shape index (κ3) is 7.34. The first-order valence-corrected chi connectivity index (χ1v) is 26.1. The normalized spacial score (nSPS) is 15.1. The van der Waals surface area contributed by atoms with Crippen LogP contribution >= 0.6 is 0 Å². The van der Waals surface area contributed by atoms with Crippen LogP contribution in [0.3, 0.4) is 0 Å². The lowest BCUT2D eigenvalue weighted by Crippen LogP contribution is -2.61. The third-order valence-corrected chi connectivity index (χ3v) is 16.2. The molecule has 0 atom stereocenters. The van der Waals surface area contributed by atoms with E-state index < -0.39 is 0 Å². The molecule has 13 rings (SSSR count). The number of anilines is 9. The summed E-state index contributed by atoms with van der Waals surface area (Å²) in [6, 6.07) is 78.6. The molecule has 0 unspecified atom stereocenters. The summed E-state index contributed by atoms with van der Waals surface area (Å²) >= 11 is 0. The standard InChI is InChI=1S/C68H60BN3O/c1-66(2,3)48-33-35-51(36-34-48)71-60-41-52(70(49-26-16-10-17-27-49)50-28-18-11-19-29-50)42-61-63(60)69(65-64(71)54-43-55-56(44-62(54)73-65)68(6,7)39-38-67(55,4)5)57-37-32-47(45-22-12-8-13-23-45)40-59(57)72(61)58-31-21-20-30-53(58)46-24-14-9-15-25-46/h8-37,40-44H,38-39H2,1-7H3. The zero-order valence-electron chi connectivity index (χ0n) is 42.9. The maximum atomic E-state index is 7.65. The Bertz CT molecular complexity index is 3680. The second-order valence-electron chi connectivity index (χ2n) is 22.8. The maximum absolute atomic E-state index is 7.65. The molecule has 3 aliphatic rings. The fourth-order valence-electron chi connectivity index (χ4n) is 12.2. The molecule has 5 heteroatoms. The van der Waals surface area contributed by atoms with Crippen molar-refractivity contribution in [1.29, 1.82) is 0 Å². The minimum atomic E-state index is -0.230. The van der Waals surface area contributed by atoms with Crippen LogP contribution in [0.1, 0.15) is 78.0 Å². The average molecular weight is 946 g/mol. The SMILES string of the molecule is CC(C)(C)c1ccc(N2c3cc(N(c4ccccc4)c4ccccc4)cc4c3B(c3ccc(-c5ccccc5)cc3N4c3ccccc3-c3ccccc3)c3oc4cc5c(cc4c32)C(C)(C)CCC5(C)C)cc1. The summed E-state index contributed by atoms with van der Waals surface area (Å²) in [6.07, 6.45) is 2.25. The van der Waals surface area contributed by atoms with Crippen LogP contribution in [0.4, 0.5) is 51.2 Å². The Morgan fingerprint density at radius 1 is 0.479 bits per heavy atom. The number of rotatable bonds is 7. The van der Waals surface area contributed by atoms with Crippen LogP contribution in [0, 0.1) is 0 Å². The second-order valence-corrected chi connectivity index (χ2v) is 22.8. The van der Waals surface area contributed by atoms with Crippen LogP contribution in [0.25, 0.3) is 33.2 Å². The van der Waals surface area contributed by atoms with Crippen LogP contribution in [0.5, 0.6) is 0 Å². The van der Waals surface area contributed by atoms with E-state index >= 15 is 0 Å². The van der Waals surface area contributed by atoms with Crippen LogP contribution in [-0.2, 0) is 16.2 Å². The number of benzene rings is 9. The summed E-state index contributed by atoms with van der Waals surface area (Å²) in [5.74, 6) is 0. The molecular weight excluding hydrogens is 886 g/mol. The molecule has 0 radical (unpaired) electrons. The molecular formula is C68H60BN3O. The van der Waals surface area contributed by atoms with Gasteiger partial charge in [-0.2, -0.15) is 0 Å². The average Bonchev–Trinajstić information content (AvgIpc) is 3.79. The van der Waals surface area contributed by atoms with Crippen molar-refractivity contribution < 1.29 is 4.42 Å². The van der Waals surface area contributed by atoms with E-state index in [1.807, 2.05) is 0 Å². The predicted molar refractivity (Wildman–Crippen MR) is 310 cm³/mol. The van der Waals surface area contributed by atoms with E-state index in [-0.39, 0.29) is 23.0 Å². The Hall–Kier alpha value is -8.02. The molecule has 0 fully saturated rings. The van der Waals surface area contributed by atoms with Gasteiger partial charge >= 0.3 is 0 Å². The zero-order chi connectivity index (χ0) is 49.8. The molecule has 0 N–H and O–H groups in total. The van der Waals surface area contributed by atoms with E-state index in [1.165, 1.54) is 33.2 Å². The summed E-state index contributed by atoms with van der Waals surface area (Å²) in [7, 11) is 0. The molecule has 3 heterocycles. The molecule has 73 heavy (non-hydrogen) atoms. The molecule has 1 aromatic heterocycles. The number of hydrogen-bond donors (Lipinski definition) is 0. The van der Waals surface area contributed by atoms with Gasteiger partial charge in [-0.1, -0.05) is 188 Å². The van der Waals surface area contributed by atoms with Crippen LogP contribution < -0.4 is 31.3 Å². The summed E-state index contributed by atoms with van der Waals surface area (Å²) in [5, 5.41) is 1.15. The number of para-hydroxylation sites is 3. The molecule has 0 saturated carbocycles. The van der Waals surface area contributed by atoms with E-state index in [1.54, 1.807) is 0 Å². The molecule has 1 aliphatic carbocycles. The Morgan fingerprint density at radius 3 is 1.64 bits per heavy atom. The lowest BCUT2D eigenvalue weighted by Gasteiger charge is -2.44. The first kappa shape index (κ1) is 44.9. The molecule has 0 saturated heterocycles. The van der Waals surface area contributed by atoms with Gasteiger partial charge in [0, 0.05) is 45.1 Å². The van der Waals surface area contributed by atoms with E-state index in [4.69, 9.17) is 4.42 Å². The van der Waals surface area contributed by atoms with Gasteiger partial charge in [-0.25, -0.2) is 0 Å². The van der Waals surface area contributed by atoms with Crippen molar-refractivity contribution in [2.75, 3.05) is 14.7 Å². The van der Waals surface area contributed by atoms with E-state index in [0.29, 0.717) is 0 Å². The van der Waals surface area contributed by atoms with E-state index in [2.05, 4.69) is 275 Å². The van der Waals surface area contributed by atoms with Crippen molar-refractivity contribution in [2.45, 2.75) is 77.6 Å².